The third-order valence-electron chi connectivity index (χ3n) is 4.54. The molecule has 1 aliphatic heterocycles. The summed E-state index contributed by atoms with van der Waals surface area (Å²) >= 11 is 0. The van der Waals surface area contributed by atoms with Crippen molar-refractivity contribution < 1.29 is 27.9 Å². The summed E-state index contributed by atoms with van der Waals surface area (Å²) in [7, 11) is 0. The first-order valence-corrected chi connectivity index (χ1v) is 8.75. The Bertz CT molecular complexity index is 949. The summed E-state index contributed by atoms with van der Waals surface area (Å²) in [4.78, 5) is 38.3. The van der Waals surface area contributed by atoms with Crippen LogP contribution in [0.15, 0.2) is 48.5 Å². The lowest BCUT2D eigenvalue weighted by atomic mass is 9.92. The Morgan fingerprint density at radius 1 is 1.21 bits per heavy atom. The number of anilines is 1. The number of ether oxygens (including phenoxy) is 1. The fraction of sp³-hybridized carbons (Fsp3) is 0.250. The fourth-order valence-corrected chi connectivity index (χ4v) is 3.07. The molecule has 1 saturated heterocycles. The number of rotatable bonds is 6. The molecular formula is C20H19F2N3O4. The number of halogens is 2. The number of hydrogen-bond acceptors (Lipinski definition) is 4. The maximum absolute atomic E-state index is 12.9. The molecule has 1 fully saturated rings. The summed E-state index contributed by atoms with van der Waals surface area (Å²) in [6.45, 7) is -0.0716. The number of nitrogens with one attached hydrogen (secondary N) is 2. The van der Waals surface area contributed by atoms with Crippen molar-refractivity contribution in [1.82, 2.24) is 10.2 Å². The standard InChI is InChI=1S/C20H19F2N3O4/c1-12-4-3-5-14(10-12)23-16(26)11-25-17(27)20(2,24-19(25)28)13-6-8-15(9-7-13)29-18(21)22/h3-10,18H,11H2,1-2H3,(H,23,26)(H,24,28)/t20-/m1/s1. The first-order valence-electron chi connectivity index (χ1n) is 8.75. The van der Waals surface area contributed by atoms with E-state index in [0.717, 1.165) is 10.5 Å². The van der Waals surface area contributed by atoms with Crippen LogP contribution in [0.4, 0.5) is 19.3 Å². The zero-order valence-corrected chi connectivity index (χ0v) is 15.7. The summed E-state index contributed by atoms with van der Waals surface area (Å²) in [6, 6.07) is 11.8. The van der Waals surface area contributed by atoms with E-state index in [9.17, 15) is 23.2 Å². The van der Waals surface area contributed by atoms with Crippen molar-refractivity contribution in [3.05, 3.63) is 59.7 Å². The van der Waals surface area contributed by atoms with E-state index in [4.69, 9.17) is 0 Å². The molecule has 3 rings (SSSR count). The monoisotopic (exact) mass is 403 g/mol. The average Bonchev–Trinajstić information content (AvgIpc) is 2.86. The van der Waals surface area contributed by atoms with Crippen LogP contribution in [0.3, 0.4) is 0 Å². The molecule has 7 nitrogen and oxygen atoms in total. The van der Waals surface area contributed by atoms with Gasteiger partial charge in [-0.15, -0.1) is 0 Å². The van der Waals surface area contributed by atoms with Crippen LogP contribution in [-0.2, 0) is 15.1 Å². The van der Waals surface area contributed by atoms with Gasteiger partial charge in [-0.05, 0) is 49.2 Å². The van der Waals surface area contributed by atoms with Crippen LogP contribution in [0.5, 0.6) is 5.75 Å². The molecule has 0 unspecified atom stereocenters. The highest BCUT2D eigenvalue weighted by Gasteiger charge is 2.49. The molecule has 9 heteroatoms. The number of urea groups is 1. The van der Waals surface area contributed by atoms with Crippen LogP contribution in [0.25, 0.3) is 0 Å². The molecule has 0 aliphatic carbocycles. The molecule has 4 amide bonds. The van der Waals surface area contributed by atoms with Crippen LogP contribution in [0.2, 0.25) is 0 Å². The number of imide groups is 1. The number of amides is 4. The lowest BCUT2D eigenvalue weighted by molar-refractivity contribution is -0.133. The molecule has 0 bridgehead atoms. The second kappa shape index (κ2) is 7.86. The van der Waals surface area contributed by atoms with Crippen molar-refractivity contribution in [2.45, 2.75) is 26.0 Å². The van der Waals surface area contributed by atoms with Gasteiger partial charge in [0.05, 0.1) is 0 Å². The molecule has 2 N–H and O–H groups in total. The van der Waals surface area contributed by atoms with Gasteiger partial charge < -0.3 is 15.4 Å². The largest absolute Gasteiger partial charge is 0.435 e. The van der Waals surface area contributed by atoms with Crippen LogP contribution >= 0.6 is 0 Å². The van der Waals surface area contributed by atoms with Gasteiger partial charge in [0.15, 0.2) is 0 Å². The van der Waals surface area contributed by atoms with Crippen LogP contribution in [0, 0.1) is 6.92 Å². The van der Waals surface area contributed by atoms with E-state index in [1.807, 2.05) is 13.0 Å². The quantitative estimate of drug-likeness (QED) is 0.726. The topological polar surface area (TPSA) is 87.7 Å². The van der Waals surface area contributed by atoms with Crippen LogP contribution in [-0.4, -0.2) is 35.9 Å². The van der Waals surface area contributed by atoms with Crippen LogP contribution < -0.4 is 15.4 Å². The molecule has 1 atom stereocenters. The highest BCUT2D eigenvalue weighted by atomic mass is 19.3. The number of hydrogen-bond donors (Lipinski definition) is 2. The summed E-state index contributed by atoms with van der Waals surface area (Å²) in [5.41, 5.74) is 0.451. The molecule has 1 aliphatic rings. The van der Waals surface area contributed by atoms with E-state index >= 15 is 0 Å². The number of nitrogens with zero attached hydrogens (tertiary/aromatic N) is 1. The van der Waals surface area contributed by atoms with E-state index in [-0.39, 0.29) is 5.75 Å². The summed E-state index contributed by atoms with van der Waals surface area (Å²) < 4.78 is 28.9. The number of alkyl halides is 2. The summed E-state index contributed by atoms with van der Waals surface area (Å²) in [6.07, 6.45) is 0. The second-order valence-electron chi connectivity index (χ2n) is 6.77. The number of carbonyl (C=O) groups is 3. The second-order valence-corrected chi connectivity index (χ2v) is 6.77. The SMILES string of the molecule is Cc1cccc(NC(=O)CN2C(=O)N[C@](C)(c3ccc(OC(F)F)cc3)C2=O)c1. The Morgan fingerprint density at radius 3 is 2.52 bits per heavy atom. The maximum Gasteiger partial charge on any atom is 0.387 e. The maximum atomic E-state index is 12.9. The molecule has 0 aromatic heterocycles. The van der Waals surface area contributed by atoms with Gasteiger partial charge in [0.25, 0.3) is 5.91 Å². The third-order valence-corrected chi connectivity index (χ3v) is 4.54. The van der Waals surface area contributed by atoms with Gasteiger partial charge in [-0.3, -0.25) is 14.5 Å². The third kappa shape index (κ3) is 4.34. The highest BCUT2D eigenvalue weighted by Crippen LogP contribution is 2.30. The molecule has 152 valence electrons. The zero-order valence-electron chi connectivity index (χ0n) is 15.7. The van der Waals surface area contributed by atoms with Crippen molar-refractivity contribution in [3.8, 4) is 5.75 Å². The lowest BCUT2D eigenvalue weighted by Crippen LogP contribution is -2.42. The molecule has 0 saturated carbocycles. The minimum absolute atomic E-state index is 0.0708. The van der Waals surface area contributed by atoms with E-state index in [2.05, 4.69) is 15.4 Å². The van der Waals surface area contributed by atoms with Gasteiger partial charge in [-0.2, -0.15) is 8.78 Å². The van der Waals surface area contributed by atoms with Gasteiger partial charge in [0, 0.05) is 5.69 Å². The smallest absolute Gasteiger partial charge is 0.387 e. The normalized spacial score (nSPS) is 18.7. The minimum atomic E-state index is -2.97. The van der Waals surface area contributed by atoms with Crippen molar-refractivity contribution in [1.29, 1.82) is 0 Å². The van der Waals surface area contributed by atoms with Crippen molar-refractivity contribution in [2.24, 2.45) is 0 Å². The van der Waals surface area contributed by atoms with E-state index in [1.165, 1.54) is 31.2 Å². The van der Waals surface area contributed by atoms with E-state index in [0.29, 0.717) is 11.3 Å². The molecule has 2 aromatic rings. The van der Waals surface area contributed by atoms with Crippen molar-refractivity contribution in [2.75, 3.05) is 11.9 Å². The predicted molar refractivity (Wildman–Crippen MR) is 100 cm³/mol. The van der Waals surface area contributed by atoms with E-state index < -0.39 is 36.5 Å². The van der Waals surface area contributed by atoms with Crippen molar-refractivity contribution in [3.63, 3.8) is 0 Å². The molecule has 29 heavy (non-hydrogen) atoms. The van der Waals surface area contributed by atoms with Gasteiger partial charge in [0.2, 0.25) is 5.91 Å². The summed E-state index contributed by atoms with van der Waals surface area (Å²) in [5.74, 6) is -1.22. The van der Waals surface area contributed by atoms with Gasteiger partial charge in [0.1, 0.15) is 17.8 Å². The number of carbonyl (C=O) groups excluding carboxylic acids is 3. The zero-order chi connectivity index (χ0) is 21.2. The Kier molecular flexibility index (Phi) is 5.49. The minimum Gasteiger partial charge on any atom is -0.435 e. The van der Waals surface area contributed by atoms with Gasteiger partial charge >= 0.3 is 12.6 Å². The Balaban J connectivity index is 1.72. The number of aryl methyl sites for hydroxylation is 1. The molecule has 0 radical (unpaired) electrons. The molecular weight excluding hydrogens is 384 g/mol. The Hall–Kier alpha value is -3.49. The highest BCUT2D eigenvalue weighted by molar-refractivity contribution is 6.10. The Labute approximate surface area is 165 Å². The molecule has 2 aromatic carbocycles. The van der Waals surface area contributed by atoms with Crippen LogP contribution in [0.1, 0.15) is 18.1 Å². The lowest BCUT2D eigenvalue weighted by Gasteiger charge is -2.22. The molecule has 1 heterocycles. The first-order chi connectivity index (χ1) is 13.7. The fourth-order valence-electron chi connectivity index (χ4n) is 3.07. The van der Waals surface area contributed by atoms with Gasteiger partial charge in [-0.25, -0.2) is 4.79 Å². The first kappa shape index (κ1) is 20.2. The number of benzene rings is 2. The Morgan fingerprint density at radius 2 is 1.90 bits per heavy atom. The van der Waals surface area contributed by atoms with Crippen molar-refractivity contribution >= 4 is 23.5 Å². The molecule has 0 spiro atoms. The van der Waals surface area contributed by atoms with E-state index in [1.54, 1.807) is 18.2 Å². The summed E-state index contributed by atoms with van der Waals surface area (Å²) in [5, 5.41) is 5.20. The van der Waals surface area contributed by atoms with Gasteiger partial charge in [-0.1, -0.05) is 24.3 Å². The predicted octanol–water partition coefficient (Wildman–Crippen LogP) is 3.00. The average molecular weight is 403 g/mol.